The molecule has 1 aliphatic rings. The first-order valence-corrected chi connectivity index (χ1v) is 16.5. The number of nitrogens with one attached hydrogen (secondary N) is 1. The molecule has 1 N–H and O–H groups in total. The van der Waals surface area contributed by atoms with Crippen molar-refractivity contribution in [2.45, 2.75) is 69.5 Å². The minimum atomic E-state index is -4.23. The molecule has 43 heavy (non-hydrogen) atoms. The number of amides is 2. The number of halogens is 2. The van der Waals surface area contributed by atoms with E-state index in [1.54, 1.807) is 31.4 Å². The molecule has 2 amide bonds. The summed E-state index contributed by atoms with van der Waals surface area (Å²) in [6.45, 7) is 3.21. The van der Waals surface area contributed by atoms with Crippen LogP contribution >= 0.6 is 23.2 Å². The van der Waals surface area contributed by atoms with E-state index in [4.69, 9.17) is 27.9 Å². The number of anilines is 1. The predicted octanol–water partition coefficient (Wildman–Crippen LogP) is 6.37. The van der Waals surface area contributed by atoms with Crippen LogP contribution in [0.4, 0.5) is 5.69 Å². The molecule has 0 bridgehead atoms. The molecule has 0 aliphatic heterocycles. The lowest BCUT2D eigenvalue weighted by atomic mass is 10.1. The van der Waals surface area contributed by atoms with Crippen molar-refractivity contribution in [3.8, 4) is 5.75 Å². The van der Waals surface area contributed by atoms with E-state index in [1.807, 2.05) is 26.0 Å². The number of methoxy groups -OCH3 is 1. The molecule has 1 fully saturated rings. The van der Waals surface area contributed by atoms with Crippen LogP contribution in [0.1, 0.15) is 50.2 Å². The largest absolute Gasteiger partial charge is 0.497 e. The zero-order chi connectivity index (χ0) is 31.1. The Morgan fingerprint density at radius 3 is 2.14 bits per heavy atom. The predicted molar refractivity (Wildman–Crippen MR) is 170 cm³/mol. The molecule has 0 heterocycles. The third-order valence-electron chi connectivity index (χ3n) is 7.62. The van der Waals surface area contributed by atoms with Gasteiger partial charge in [0, 0.05) is 22.6 Å². The fourth-order valence-corrected chi connectivity index (χ4v) is 7.18. The minimum Gasteiger partial charge on any atom is -0.497 e. The fourth-order valence-electron chi connectivity index (χ4n) is 5.26. The van der Waals surface area contributed by atoms with Crippen molar-refractivity contribution < 1.29 is 22.7 Å². The normalized spacial score (nSPS) is 14.3. The second kappa shape index (κ2) is 14.5. The molecule has 0 spiro atoms. The molecule has 11 heteroatoms. The van der Waals surface area contributed by atoms with Gasteiger partial charge in [0.25, 0.3) is 10.0 Å². The van der Waals surface area contributed by atoms with Gasteiger partial charge in [-0.25, -0.2) is 8.42 Å². The summed E-state index contributed by atoms with van der Waals surface area (Å²) in [7, 11) is -2.67. The molecule has 4 rings (SSSR count). The maximum atomic E-state index is 14.2. The van der Waals surface area contributed by atoms with E-state index in [-0.39, 0.29) is 39.1 Å². The van der Waals surface area contributed by atoms with Crippen LogP contribution in [0.5, 0.6) is 5.75 Å². The van der Waals surface area contributed by atoms with Gasteiger partial charge in [0.15, 0.2) is 0 Å². The summed E-state index contributed by atoms with van der Waals surface area (Å²) < 4.78 is 34.3. The molecule has 8 nitrogen and oxygen atoms in total. The molecule has 1 unspecified atom stereocenters. The second-order valence-corrected chi connectivity index (χ2v) is 13.5. The number of hydrogen-bond acceptors (Lipinski definition) is 5. The summed E-state index contributed by atoms with van der Waals surface area (Å²) in [5.74, 6) is -0.146. The highest BCUT2D eigenvalue weighted by Crippen LogP contribution is 2.30. The number of aryl methyl sites for hydroxylation is 1. The van der Waals surface area contributed by atoms with Crippen LogP contribution in [0.3, 0.4) is 0 Å². The van der Waals surface area contributed by atoms with Crippen molar-refractivity contribution in [3.05, 3.63) is 87.9 Å². The highest BCUT2D eigenvalue weighted by molar-refractivity contribution is 7.92. The van der Waals surface area contributed by atoms with Crippen molar-refractivity contribution in [2.75, 3.05) is 18.0 Å². The Bertz CT molecular complexity index is 1510. The van der Waals surface area contributed by atoms with Crippen molar-refractivity contribution in [1.29, 1.82) is 0 Å². The lowest BCUT2D eigenvalue weighted by Crippen LogP contribution is -2.53. The highest BCUT2D eigenvalue weighted by Gasteiger charge is 2.34. The molecule has 0 aromatic heterocycles. The molecule has 0 saturated heterocycles. The van der Waals surface area contributed by atoms with Gasteiger partial charge in [-0.15, -0.1) is 0 Å². The van der Waals surface area contributed by atoms with Crippen molar-refractivity contribution in [2.24, 2.45) is 0 Å². The first kappa shape index (κ1) is 32.6. The van der Waals surface area contributed by atoms with Gasteiger partial charge in [0.2, 0.25) is 11.8 Å². The number of sulfonamides is 1. The van der Waals surface area contributed by atoms with Crippen LogP contribution in [-0.2, 0) is 26.2 Å². The average Bonchev–Trinajstić information content (AvgIpc) is 3.48. The first-order chi connectivity index (χ1) is 20.5. The van der Waals surface area contributed by atoms with Gasteiger partial charge in [-0.2, -0.15) is 0 Å². The fraction of sp³-hybridized carbons (Fsp3) is 0.375. The average molecular weight is 647 g/mol. The number of hydrogen-bond donors (Lipinski definition) is 1. The van der Waals surface area contributed by atoms with Crippen LogP contribution in [-0.4, -0.2) is 50.9 Å². The number of nitrogens with zero attached hydrogens (tertiary/aromatic N) is 2. The van der Waals surface area contributed by atoms with Crippen LogP contribution < -0.4 is 14.4 Å². The number of carbonyl (C=O) groups excluding carboxylic acids is 2. The quantitative estimate of drug-likeness (QED) is 0.247. The van der Waals surface area contributed by atoms with Crippen molar-refractivity contribution in [1.82, 2.24) is 10.2 Å². The van der Waals surface area contributed by atoms with Gasteiger partial charge in [-0.3, -0.25) is 13.9 Å². The molecule has 230 valence electrons. The Kier molecular flexibility index (Phi) is 11.0. The van der Waals surface area contributed by atoms with E-state index >= 15 is 0 Å². The van der Waals surface area contributed by atoms with E-state index < -0.39 is 28.5 Å². The molecular weight excluding hydrogens is 609 g/mol. The van der Waals surface area contributed by atoms with E-state index in [1.165, 1.54) is 35.2 Å². The maximum absolute atomic E-state index is 14.2. The Morgan fingerprint density at radius 1 is 0.977 bits per heavy atom. The number of ether oxygens (including phenoxy) is 1. The summed E-state index contributed by atoms with van der Waals surface area (Å²) in [5, 5.41) is 3.55. The van der Waals surface area contributed by atoms with Gasteiger partial charge < -0.3 is 15.0 Å². The van der Waals surface area contributed by atoms with E-state index in [2.05, 4.69) is 5.32 Å². The van der Waals surface area contributed by atoms with Gasteiger partial charge in [-0.1, -0.05) is 72.8 Å². The lowest BCUT2D eigenvalue weighted by Gasteiger charge is -2.34. The lowest BCUT2D eigenvalue weighted by molar-refractivity contribution is -0.140. The number of rotatable bonds is 12. The van der Waals surface area contributed by atoms with Crippen LogP contribution in [0, 0.1) is 6.92 Å². The summed E-state index contributed by atoms with van der Waals surface area (Å²) in [5.41, 5.74) is 1.79. The Hall–Kier alpha value is -3.27. The molecule has 3 aromatic carbocycles. The van der Waals surface area contributed by atoms with Gasteiger partial charge in [0.1, 0.15) is 18.3 Å². The topological polar surface area (TPSA) is 96.0 Å². The monoisotopic (exact) mass is 645 g/mol. The molecule has 0 radical (unpaired) electrons. The Balaban J connectivity index is 1.73. The van der Waals surface area contributed by atoms with E-state index in [9.17, 15) is 18.0 Å². The Morgan fingerprint density at radius 2 is 1.58 bits per heavy atom. The minimum absolute atomic E-state index is 0.00900. The van der Waals surface area contributed by atoms with Crippen LogP contribution in [0.15, 0.2) is 71.6 Å². The summed E-state index contributed by atoms with van der Waals surface area (Å²) in [4.78, 5) is 29.3. The first-order valence-electron chi connectivity index (χ1n) is 14.3. The molecular formula is C32H37Cl2N3O5S. The smallest absolute Gasteiger partial charge is 0.264 e. The number of carbonyl (C=O) groups is 2. The van der Waals surface area contributed by atoms with Gasteiger partial charge in [0.05, 0.1) is 17.7 Å². The molecule has 1 atom stereocenters. The third-order valence-corrected chi connectivity index (χ3v) is 9.85. The highest BCUT2D eigenvalue weighted by atomic mass is 35.5. The van der Waals surface area contributed by atoms with Crippen LogP contribution in [0.25, 0.3) is 0 Å². The molecule has 1 aliphatic carbocycles. The zero-order valence-electron chi connectivity index (χ0n) is 24.6. The van der Waals surface area contributed by atoms with Crippen LogP contribution in [0.2, 0.25) is 10.0 Å². The molecule has 1 saturated carbocycles. The summed E-state index contributed by atoms with van der Waals surface area (Å²) in [6.07, 6.45) is 4.22. The third kappa shape index (κ3) is 8.22. The maximum Gasteiger partial charge on any atom is 0.264 e. The van der Waals surface area contributed by atoms with E-state index in [0.29, 0.717) is 12.2 Å². The van der Waals surface area contributed by atoms with Gasteiger partial charge in [-0.05, 0) is 74.2 Å². The van der Waals surface area contributed by atoms with Crippen molar-refractivity contribution >= 4 is 50.7 Å². The summed E-state index contributed by atoms with van der Waals surface area (Å²) in [6, 6.07) is 17.2. The zero-order valence-corrected chi connectivity index (χ0v) is 26.9. The molecule has 3 aromatic rings. The standard InChI is InChI=1S/C32H37Cl2N3O5S/c1-4-30(32(39)35-26-7-5-6-8-26)36(20-23-11-13-28(42-3)14-12-23)31(38)21-37(27-18-24(33)17-25(34)19-27)43(40,41)29-15-9-22(2)10-16-29/h9-19,26,30H,4-8,20-21H2,1-3H3,(H,35,39). The Labute approximate surface area is 264 Å². The number of benzene rings is 3. The second-order valence-electron chi connectivity index (χ2n) is 10.7. The summed E-state index contributed by atoms with van der Waals surface area (Å²) >= 11 is 12.5. The van der Waals surface area contributed by atoms with Crippen molar-refractivity contribution in [3.63, 3.8) is 0 Å². The SMILES string of the molecule is CCC(C(=O)NC1CCCC1)N(Cc1ccc(OC)cc1)C(=O)CN(c1cc(Cl)cc(Cl)c1)S(=O)(=O)c1ccc(C)cc1. The van der Waals surface area contributed by atoms with Gasteiger partial charge >= 0.3 is 0 Å². The van der Waals surface area contributed by atoms with E-state index in [0.717, 1.165) is 41.1 Å².